The first-order valence-electron chi connectivity index (χ1n) is 10.9. The predicted octanol–water partition coefficient (Wildman–Crippen LogP) is 4.41. The summed E-state index contributed by atoms with van der Waals surface area (Å²) >= 11 is 0. The molecular weight excluding hydrogens is 464 g/mol. The summed E-state index contributed by atoms with van der Waals surface area (Å²) in [6.45, 7) is 0. The molecule has 0 saturated carbocycles. The van der Waals surface area contributed by atoms with E-state index in [4.69, 9.17) is 13.9 Å². The summed E-state index contributed by atoms with van der Waals surface area (Å²) in [5, 5.41) is 11.5. The third-order valence-corrected chi connectivity index (χ3v) is 5.95. The van der Waals surface area contributed by atoms with E-state index in [2.05, 4.69) is 4.98 Å². The van der Waals surface area contributed by atoms with Crippen LogP contribution in [0.5, 0.6) is 5.75 Å². The Morgan fingerprint density at radius 1 is 1.03 bits per heavy atom. The number of methoxy groups -OCH3 is 2. The number of aromatic nitrogens is 1. The van der Waals surface area contributed by atoms with Gasteiger partial charge in [-0.25, -0.2) is 9.78 Å². The topological polar surface area (TPSA) is 119 Å². The van der Waals surface area contributed by atoms with E-state index in [9.17, 15) is 19.5 Å². The van der Waals surface area contributed by atoms with E-state index in [1.165, 1.54) is 43.5 Å². The standard InChI is InChI=1S/C27H20N2O7/c1-34-18-7-5-6-17-14-19(36-25(17)18)23(30)21-22(15-9-11-16(12-10-15)27(33)35-2)29(26(32)24(21)31)20-8-3-4-13-28-20/h3-14,22,31H,1-2H3. The Balaban J connectivity index is 1.64. The van der Waals surface area contributed by atoms with Crippen LogP contribution < -0.4 is 9.64 Å². The summed E-state index contributed by atoms with van der Waals surface area (Å²) in [6.07, 6.45) is 1.50. The van der Waals surface area contributed by atoms with Gasteiger partial charge in [0, 0.05) is 11.6 Å². The fourth-order valence-electron chi connectivity index (χ4n) is 4.25. The first-order valence-corrected chi connectivity index (χ1v) is 10.9. The number of carbonyl (C=O) groups is 3. The van der Waals surface area contributed by atoms with Gasteiger partial charge in [0.05, 0.1) is 31.4 Å². The molecule has 1 N–H and O–H groups in total. The number of esters is 1. The molecule has 0 fully saturated rings. The number of amides is 1. The fraction of sp³-hybridized carbons (Fsp3) is 0.111. The SMILES string of the molecule is COC(=O)c1ccc(C2C(C(=O)c3cc4cccc(OC)c4o3)=C(O)C(=O)N2c2ccccn2)cc1. The Kier molecular flexibility index (Phi) is 5.73. The number of hydrogen-bond acceptors (Lipinski definition) is 8. The second-order valence-corrected chi connectivity index (χ2v) is 7.96. The van der Waals surface area contributed by atoms with Crippen molar-refractivity contribution >= 4 is 34.4 Å². The molecule has 5 rings (SSSR count). The molecule has 9 nitrogen and oxygen atoms in total. The molecule has 0 aliphatic carbocycles. The molecule has 1 atom stereocenters. The molecule has 9 heteroatoms. The minimum Gasteiger partial charge on any atom is -0.503 e. The second kappa shape index (κ2) is 9.03. The van der Waals surface area contributed by atoms with Crippen molar-refractivity contribution in [2.24, 2.45) is 0 Å². The van der Waals surface area contributed by atoms with Gasteiger partial charge in [0.1, 0.15) is 5.82 Å². The van der Waals surface area contributed by atoms with Gasteiger partial charge in [-0.15, -0.1) is 0 Å². The highest BCUT2D eigenvalue weighted by Gasteiger charge is 2.46. The van der Waals surface area contributed by atoms with Gasteiger partial charge in [-0.2, -0.15) is 0 Å². The highest BCUT2D eigenvalue weighted by molar-refractivity contribution is 6.20. The number of anilines is 1. The van der Waals surface area contributed by atoms with Gasteiger partial charge >= 0.3 is 5.97 Å². The smallest absolute Gasteiger partial charge is 0.337 e. The van der Waals surface area contributed by atoms with Crippen LogP contribution in [0.2, 0.25) is 0 Å². The van der Waals surface area contributed by atoms with Crippen molar-refractivity contribution in [3.63, 3.8) is 0 Å². The van der Waals surface area contributed by atoms with Crippen molar-refractivity contribution in [2.75, 3.05) is 19.1 Å². The lowest BCUT2D eigenvalue weighted by molar-refractivity contribution is -0.117. The van der Waals surface area contributed by atoms with E-state index < -0.39 is 29.5 Å². The maximum atomic E-state index is 13.7. The van der Waals surface area contributed by atoms with Crippen LogP contribution in [-0.4, -0.2) is 42.0 Å². The number of fused-ring (bicyclic) bond motifs is 1. The van der Waals surface area contributed by atoms with Crippen molar-refractivity contribution in [3.8, 4) is 5.75 Å². The number of hydrogen-bond donors (Lipinski definition) is 1. The molecule has 2 aromatic carbocycles. The number of ketones is 1. The van der Waals surface area contributed by atoms with Gasteiger partial charge < -0.3 is 19.0 Å². The zero-order chi connectivity index (χ0) is 25.4. The summed E-state index contributed by atoms with van der Waals surface area (Å²) in [6, 6.07) is 16.9. The van der Waals surface area contributed by atoms with Crippen molar-refractivity contribution in [1.82, 2.24) is 4.98 Å². The molecule has 1 unspecified atom stereocenters. The normalized spacial score (nSPS) is 15.4. The molecular formula is C27H20N2O7. The van der Waals surface area contributed by atoms with Crippen LogP contribution in [0.1, 0.15) is 32.5 Å². The van der Waals surface area contributed by atoms with E-state index >= 15 is 0 Å². The largest absolute Gasteiger partial charge is 0.503 e. The second-order valence-electron chi connectivity index (χ2n) is 7.96. The third-order valence-electron chi connectivity index (χ3n) is 5.95. The van der Waals surface area contributed by atoms with Crippen LogP contribution in [0.3, 0.4) is 0 Å². The first-order chi connectivity index (χ1) is 17.4. The summed E-state index contributed by atoms with van der Waals surface area (Å²) in [5.41, 5.74) is 0.964. The lowest BCUT2D eigenvalue weighted by Crippen LogP contribution is -2.31. The molecule has 1 amide bonds. The lowest BCUT2D eigenvalue weighted by Gasteiger charge is -2.25. The zero-order valence-electron chi connectivity index (χ0n) is 19.3. The molecule has 1 aliphatic rings. The Morgan fingerprint density at radius 2 is 1.81 bits per heavy atom. The summed E-state index contributed by atoms with van der Waals surface area (Å²) in [5.74, 6) is -2.07. The molecule has 36 heavy (non-hydrogen) atoms. The van der Waals surface area contributed by atoms with Gasteiger partial charge in [0.25, 0.3) is 5.91 Å². The molecule has 0 spiro atoms. The van der Waals surface area contributed by atoms with E-state index in [1.807, 2.05) is 0 Å². The van der Waals surface area contributed by atoms with Crippen LogP contribution in [0.4, 0.5) is 5.82 Å². The highest BCUT2D eigenvalue weighted by atomic mass is 16.5. The lowest BCUT2D eigenvalue weighted by atomic mass is 9.94. The minimum absolute atomic E-state index is 0.0668. The number of para-hydroxylation sites is 1. The van der Waals surface area contributed by atoms with Crippen LogP contribution >= 0.6 is 0 Å². The maximum absolute atomic E-state index is 13.7. The number of carbonyl (C=O) groups excluding carboxylic acids is 3. The highest BCUT2D eigenvalue weighted by Crippen LogP contribution is 2.42. The number of nitrogens with zero attached hydrogens (tertiary/aromatic N) is 2. The van der Waals surface area contributed by atoms with E-state index in [0.717, 1.165) is 0 Å². The van der Waals surface area contributed by atoms with Gasteiger partial charge in [0.2, 0.25) is 5.78 Å². The van der Waals surface area contributed by atoms with E-state index in [-0.39, 0.29) is 17.2 Å². The predicted molar refractivity (Wildman–Crippen MR) is 129 cm³/mol. The molecule has 0 bridgehead atoms. The van der Waals surface area contributed by atoms with E-state index in [1.54, 1.807) is 48.5 Å². The van der Waals surface area contributed by atoms with E-state index in [0.29, 0.717) is 27.8 Å². The average molecular weight is 484 g/mol. The monoisotopic (exact) mass is 484 g/mol. The third kappa shape index (κ3) is 3.67. The number of ether oxygens (including phenoxy) is 2. The molecule has 0 saturated heterocycles. The number of pyridine rings is 1. The Bertz CT molecular complexity index is 1520. The van der Waals surface area contributed by atoms with Crippen molar-refractivity contribution in [3.05, 3.63) is 101 Å². The van der Waals surface area contributed by atoms with Crippen LogP contribution in [0.25, 0.3) is 11.0 Å². The van der Waals surface area contributed by atoms with Crippen molar-refractivity contribution in [2.45, 2.75) is 6.04 Å². The van der Waals surface area contributed by atoms with Crippen LogP contribution in [-0.2, 0) is 9.53 Å². The number of rotatable bonds is 6. The number of aliphatic hydroxyl groups excluding tert-OH is 1. The zero-order valence-corrected chi connectivity index (χ0v) is 19.3. The quantitative estimate of drug-likeness (QED) is 0.316. The number of aliphatic hydroxyl groups is 1. The summed E-state index contributed by atoms with van der Waals surface area (Å²) in [4.78, 5) is 44.3. The maximum Gasteiger partial charge on any atom is 0.337 e. The molecule has 3 heterocycles. The molecule has 0 radical (unpaired) electrons. The van der Waals surface area contributed by atoms with Crippen LogP contribution in [0, 0.1) is 0 Å². The van der Waals surface area contributed by atoms with Crippen molar-refractivity contribution in [1.29, 1.82) is 0 Å². The minimum atomic E-state index is -1.03. The summed E-state index contributed by atoms with van der Waals surface area (Å²) in [7, 11) is 2.76. The molecule has 1 aliphatic heterocycles. The Morgan fingerprint density at radius 3 is 2.47 bits per heavy atom. The van der Waals surface area contributed by atoms with Gasteiger partial charge in [-0.1, -0.05) is 30.3 Å². The van der Waals surface area contributed by atoms with Crippen LogP contribution in [0.15, 0.2) is 88.7 Å². The van der Waals surface area contributed by atoms with Gasteiger partial charge in [-0.05, 0) is 42.0 Å². The van der Waals surface area contributed by atoms with Gasteiger partial charge in [0.15, 0.2) is 22.9 Å². The molecule has 2 aromatic heterocycles. The van der Waals surface area contributed by atoms with Gasteiger partial charge in [-0.3, -0.25) is 14.5 Å². The number of furan rings is 1. The summed E-state index contributed by atoms with van der Waals surface area (Å²) < 4.78 is 15.9. The Labute approximate surface area is 205 Å². The first kappa shape index (κ1) is 22.9. The Hall–Kier alpha value is -4.92. The molecule has 4 aromatic rings. The molecule has 180 valence electrons. The number of benzene rings is 2. The fourth-order valence-corrected chi connectivity index (χ4v) is 4.25. The number of Topliss-reactive ketones (excluding diaryl/α,β-unsaturated/α-hetero) is 1. The van der Waals surface area contributed by atoms with Crippen molar-refractivity contribution < 1.29 is 33.4 Å². The average Bonchev–Trinajstić information content (AvgIpc) is 3.47.